The van der Waals surface area contributed by atoms with Gasteiger partial charge in [-0.1, -0.05) is 19.1 Å². The number of aromatic nitrogens is 2. The number of thiophene rings is 1. The van der Waals surface area contributed by atoms with Crippen LogP contribution in [-0.4, -0.2) is 27.9 Å². The molecule has 3 aromatic rings. The third-order valence-electron chi connectivity index (χ3n) is 5.45. The number of hydrogen-bond acceptors (Lipinski definition) is 7. The summed E-state index contributed by atoms with van der Waals surface area (Å²) in [4.78, 5) is 45.1. The van der Waals surface area contributed by atoms with Crippen molar-refractivity contribution in [2.75, 3.05) is 5.32 Å². The minimum absolute atomic E-state index is 0.0376. The number of aryl methyl sites for hydroxylation is 1. The third kappa shape index (κ3) is 5.04. The molecule has 0 spiro atoms. The molecule has 0 aliphatic heterocycles. The summed E-state index contributed by atoms with van der Waals surface area (Å²) in [5.74, 6) is -2.07. The molecule has 1 unspecified atom stereocenters. The van der Waals surface area contributed by atoms with Gasteiger partial charge >= 0.3 is 12.1 Å². The molecular weight excluding hydrogens is 471 g/mol. The molecule has 2 heterocycles. The highest BCUT2D eigenvalue weighted by molar-refractivity contribution is 7.18. The third-order valence-corrected chi connectivity index (χ3v) is 6.60. The molecule has 178 valence electrons. The number of carbonyl (C=O) groups excluding carboxylic acids is 2. The predicted octanol–water partition coefficient (Wildman–Crippen LogP) is 4.52. The average molecular weight is 491 g/mol. The number of hydrogen-bond donors (Lipinski definition) is 2. The van der Waals surface area contributed by atoms with Crippen molar-refractivity contribution in [3.63, 3.8) is 0 Å². The summed E-state index contributed by atoms with van der Waals surface area (Å²) in [5.41, 5.74) is 0.961. The van der Waals surface area contributed by atoms with Gasteiger partial charge in [0.25, 0.3) is 11.3 Å². The van der Waals surface area contributed by atoms with Gasteiger partial charge in [-0.15, -0.1) is 11.3 Å². The fourth-order valence-corrected chi connectivity index (χ4v) is 5.16. The number of nitrogens with zero attached hydrogens (tertiary/aromatic N) is 1. The molecule has 1 aliphatic carbocycles. The highest BCUT2D eigenvalue weighted by Gasteiger charge is 2.36. The minimum Gasteiger partial charge on any atom is -0.454 e. The van der Waals surface area contributed by atoms with Crippen LogP contribution >= 0.6 is 11.3 Å². The monoisotopic (exact) mass is 491 g/mol. The lowest BCUT2D eigenvalue weighted by Crippen LogP contribution is -2.20. The molecule has 0 amide bonds. The summed E-state index contributed by atoms with van der Waals surface area (Å²) in [6.45, 7) is 1.88. The topological polar surface area (TPSA) is 101 Å². The van der Waals surface area contributed by atoms with E-state index < -0.39 is 17.9 Å². The number of benzene rings is 1. The quantitative estimate of drug-likeness (QED) is 0.388. The Morgan fingerprint density at radius 3 is 2.85 bits per heavy atom. The van der Waals surface area contributed by atoms with Gasteiger partial charge in [0.15, 0.2) is 0 Å². The highest BCUT2D eigenvalue weighted by Crippen LogP contribution is 2.35. The number of H-pyrrole nitrogens is 1. The summed E-state index contributed by atoms with van der Waals surface area (Å²) in [5, 5.41) is 3.08. The predicted molar refractivity (Wildman–Crippen MR) is 121 cm³/mol. The first-order chi connectivity index (χ1) is 16.1. The van der Waals surface area contributed by atoms with Gasteiger partial charge in [-0.05, 0) is 42.9 Å². The molecule has 1 aliphatic rings. The lowest BCUT2D eigenvalue weighted by molar-refractivity contribution is -0.165. The number of fused-ring (bicyclic) bond motifs is 3. The SMILES string of the molecule is CC1CCc2c(sc3nc(COC(=O)c4ccccc4N/C=C/C(=O)C(F)(F)F)[nH]c(=O)c23)C1. The van der Waals surface area contributed by atoms with E-state index in [9.17, 15) is 27.6 Å². The van der Waals surface area contributed by atoms with Gasteiger partial charge in [-0.2, -0.15) is 13.2 Å². The molecule has 4 rings (SSSR count). The molecule has 0 radical (unpaired) electrons. The second kappa shape index (κ2) is 9.41. The summed E-state index contributed by atoms with van der Waals surface area (Å²) in [7, 11) is 0. The van der Waals surface area contributed by atoms with Gasteiger partial charge in [0.1, 0.15) is 17.3 Å². The fourth-order valence-electron chi connectivity index (χ4n) is 3.76. The summed E-state index contributed by atoms with van der Waals surface area (Å²) in [6, 6.07) is 5.97. The second-order valence-corrected chi connectivity index (χ2v) is 9.09. The Labute approximate surface area is 195 Å². The molecule has 1 atom stereocenters. The number of nitrogens with one attached hydrogen (secondary N) is 2. The van der Waals surface area contributed by atoms with Crippen LogP contribution in [0.4, 0.5) is 18.9 Å². The van der Waals surface area contributed by atoms with E-state index in [1.165, 1.54) is 23.5 Å². The first-order valence-electron chi connectivity index (χ1n) is 10.5. The Morgan fingerprint density at radius 1 is 1.32 bits per heavy atom. The molecule has 0 saturated heterocycles. The van der Waals surface area contributed by atoms with Gasteiger partial charge in [0, 0.05) is 17.2 Å². The zero-order valence-corrected chi connectivity index (χ0v) is 18.8. The van der Waals surface area contributed by atoms with Crippen LogP contribution in [0.15, 0.2) is 41.3 Å². The smallest absolute Gasteiger partial charge is 0.454 e. The largest absolute Gasteiger partial charge is 0.454 e. The van der Waals surface area contributed by atoms with Crippen molar-refractivity contribution in [3.05, 3.63) is 68.7 Å². The number of halogens is 3. The van der Waals surface area contributed by atoms with Crippen molar-refractivity contribution < 1.29 is 27.5 Å². The first kappa shape index (κ1) is 23.7. The summed E-state index contributed by atoms with van der Waals surface area (Å²) in [6.07, 6.45) is -1.09. The number of alkyl halides is 3. The summed E-state index contributed by atoms with van der Waals surface area (Å²) >= 11 is 1.48. The summed E-state index contributed by atoms with van der Waals surface area (Å²) < 4.78 is 42.2. The maximum Gasteiger partial charge on any atom is 0.454 e. The number of rotatable bonds is 6. The molecule has 1 aromatic carbocycles. The molecule has 0 bridgehead atoms. The number of carbonyl (C=O) groups is 2. The van der Waals surface area contributed by atoms with E-state index in [0.29, 0.717) is 22.2 Å². The van der Waals surface area contributed by atoms with Crippen molar-refractivity contribution >= 4 is 39.0 Å². The Kier molecular flexibility index (Phi) is 6.56. The van der Waals surface area contributed by atoms with Crippen molar-refractivity contribution in [1.29, 1.82) is 0 Å². The van der Waals surface area contributed by atoms with Crippen LogP contribution in [0, 0.1) is 5.92 Å². The molecule has 0 fully saturated rings. The van der Waals surface area contributed by atoms with Crippen molar-refractivity contribution in [2.24, 2.45) is 5.92 Å². The van der Waals surface area contributed by atoms with Crippen molar-refractivity contribution in [3.8, 4) is 0 Å². The van der Waals surface area contributed by atoms with E-state index in [0.717, 1.165) is 35.9 Å². The number of esters is 1. The average Bonchev–Trinajstić information content (AvgIpc) is 3.14. The molecule has 34 heavy (non-hydrogen) atoms. The standard InChI is InChI=1S/C23H20F3N3O4S/c1-12-6-7-14-16(10-12)34-21-19(14)20(31)28-18(29-21)11-33-22(32)13-4-2-3-5-15(13)27-9-8-17(30)23(24,25)26/h2-5,8-9,12,27H,6-7,10-11H2,1H3,(H,28,29,31)/b9-8+. The van der Waals surface area contributed by atoms with E-state index in [1.54, 1.807) is 12.1 Å². The number of ketones is 1. The lowest BCUT2D eigenvalue weighted by atomic mass is 9.89. The lowest BCUT2D eigenvalue weighted by Gasteiger charge is -2.17. The normalized spacial score (nSPS) is 15.9. The van der Waals surface area contributed by atoms with Gasteiger partial charge < -0.3 is 15.0 Å². The Hall–Kier alpha value is -3.47. The molecule has 2 N–H and O–H groups in total. The number of aromatic amines is 1. The van der Waals surface area contributed by atoms with Gasteiger partial charge in [-0.3, -0.25) is 9.59 Å². The second-order valence-electron chi connectivity index (χ2n) is 8.01. The van der Waals surface area contributed by atoms with E-state index in [-0.39, 0.29) is 29.2 Å². The Morgan fingerprint density at radius 2 is 2.09 bits per heavy atom. The molecule has 11 heteroatoms. The van der Waals surface area contributed by atoms with Crippen LogP contribution in [0.25, 0.3) is 10.2 Å². The molecule has 0 saturated carbocycles. The Bertz CT molecular complexity index is 1340. The fraction of sp³-hybridized carbons (Fsp3) is 0.304. The van der Waals surface area contributed by atoms with Crippen LogP contribution in [0.3, 0.4) is 0 Å². The molecule has 2 aromatic heterocycles. The number of para-hydroxylation sites is 1. The van der Waals surface area contributed by atoms with Crippen LogP contribution < -0.4 is 10.9 Å². The zero-order valence-electron chi connectivity index (χ0n) is 18.0. The Balaban J connectivity index is 1.48. The van der Waals surface area contributed by atoms with E-state index in [4.69, 9.17) is 4.74 Å². The van der Waals surface area contributed by atoms with Gasteiger partial charge in [-0.25, -0.2) is 9.78 Å². The molecular formula is C23H20F3N3O4S. The number of allylic oxidation sites excluding steroid dienone is 1. The van der Waals surface area contributed by atoms with Crippen molar-refractivity contribution in [1.82, 2.24) is 9.97 Å². The zero-order chi connectivity index (χ0) is 24.5. The number of anilines is 1. The van der Waals surface area contributed by atoms with E-state index >= 15 is 0 Å². The maximum atomic E-state index is 12.7. The number of ether oxygens (including phenoxy) is 1. The van der Waals surface area contributed by atoms with Crippen molar-refractivity contribution in [2.45, 2.75) is 39.0 Å². The van der Waals surface area contributed by atoms with Crippen LogP contribution in [0.5, 0.6) is 0 Å². The highest BCUT2D eigenvalue weighted by atomic mass is 32.1. The van der Waals surface area contributed by atoms with Gasteiger partial charge in [0.05, 0.1) is 16.6 Å². The van der Waals surface area contributed by atoms with Crippen LogP contribution in [0.2, 0.25) is 0 Å². The van der Waals surface area contributed by atoms with Crippen LogP contribution in [0.1, 0.15) is 40.0 Å². The maximum absolute atomic E-state index is 12.7. The van der Waals surface area contributed by atoms with E-state index in [2.05, 4.69) is 22.2 Å². The minimum atomic E-state index is -4.98. The van der Waals surface area contributed by atoms with Crippen LogP contribution in [-0.2, 0) is 29.0 Å². The van der Waals surface area contributed by atoms with Gasteiger partial charge in [0.2, 0.25) is 0 Å². The first-order valence-corrected chi connectivity index (χ1v) is 11.3. The van der Waals surface area contributed by atoms with E-state index in [1.807, 2.05) is 0 Å². The molecule has 7 nitrogen and oxygen atoms in total.